The second-order valence-corrected chi connectivity index (χ2v) is 4.65. The monoisotopic (exact) mass is 262 g/mol. The van der Waals surface area contributed by atoms with E-state index in [-0.39, 0.29) is 18.7 Å². The Balaban J connectivity index is 1.90. The largest absolute Gasteiger partial charge is 0.481 e. The van der Waals surface area contributed by atoms with Gasteiger partial charge in [0.05, 0.1) is 13.0 Å². The molecule has 0 unspecified atom stereocenters. The topological polar surface area (TPSA) is 78.4 Å². The van der Waals surface area contributed by atoms with Crippen LogP contribution in [0.15, 0.2) is 18.2 Å². The van der Waals surface area contributed by atoms with Gasteiger partial charge in [0.1, 0.15) is 0 Å². The van der Waals surface area contributed by atoms with Crippen molar-refractivity contribution < 1.29 is 14.7 Å². The van der Waals surface area contributed by atoms with Crippen molar-refractivity contribution in [3.63, 3.8) is 0 Å². The Hall–Kier alpha value is -1.88. The second-order valence-electron chi connectivity index (χ2n) is 4.65. The molecule has 0 fully saturated rings. The zero-order chi connectivity index (χ0) is 13.7. The average molecular weight is 262 g/mol. The van der Waals surface area contributed by atoms with Gasteiger partial charge in [0, 0.05) is 24.3 Å². The van der Waals surface area contributed by atoms with E-state index in [4.69, 9.17) is 5.11 Å². The highest BCUT2D eigenvalue weighted by molar-refractivity contribution is 5.98. The van der Waals surface area contributed by atoms with Crippen LogP contribution >= 0.6 is 0 Å². The molecule has 1 aliphatic heterocycles. The Bertz CT molecular complexity index is 486. The Labute approximate surface area is 112 Å². The zero-order valence-corrected chi connectivity index (χ0v) is 10.7. The van der Waals surface area contributed by atoms with Crippen molar-refractivity contribution in [2.24, 2.45) is 0 Å². The summed E-state index contributed by atoms with van der Waals surface area (Å²) in [5, 5.41) is 14.6. The molecule has 0 aromatic heterocycles. The Kier molecular flexibility index (Phi) is 4.52. The summed E-state index contributed by atoms with van der Waals surface area (Å²) in [6.07, 6.45) is 2.11. The van der Waals surface area contributed by atoms with Gasteiger partial charge in [-0.1, -0.05) is 0 Å². The molecule has 0 aliphatic carbocycles. The summed E-state index contributed by atoms with van der Waals surface area (Å²) in [5.74, 6) is -0.862. The minimum atomic E-state index is -0.861. The quantitative estimate of drug-likeness (QED) is 0.532. The third-order valence-corrected chi connectivity index (χ3v) is 3.17. The normalized spacial score (nSPS) is 13.5. The van der Waals surface area contributed by atoms with E-state index in [0.29, 0.717) is 12.1 Å². The van der Waals surface area contributed by atoms with Crippen LogP contribution in [0, 0.1) is 0 Å². The predicted octanol–water partition coefficient (Wildman–Crippen LogP) is 1.29. The molecule has 0 saturated heterocycles. The number of ketones is 1. The number of carbonyl (C=O) groups is 2. The van der Waals surface area contributed by atoms with Gasteiger partial charge in [-0.2, -0.15) is 0 Å². The van der Waals surface area contributed by atoms with Gasteiger partial charge in [0.25, 0.3) is 0 Å². The molecule has 2 rings (SSSR count). The maximum atomic E-state index is 11.9. The van der Waals surface area contributed by atoms with Gasteiger partial charge < -0.3 is 15.7 Å². The molecule has 0 spiro atoms. The molecule has 5 nitrogen and oxygen atoms in total. The molecular formula is C14H18N2O3. The number of carboxylic acids is 1. The number of Topliss-reactive ketones (excluding diaryl/α,β-unsaturated/α-hetero) is 1. The van der Waals surface area contributed by atoms with Crippen LogP contribution in [0.1, 0.15) is 28.8 Å². The van der Waals surface area contributed by atoms with Gasteiger partial charge in [-0.25, -0.2) is 0 Å². The molecule has 5 heteroatoms. The van der Waals surface area contributed by atoms with Crippen LogP contribution in [0.25, 0.3) is 0 Å². The fourth-order valence-electron chi connectivity index (χ4n) is 2.15. The third-order valence-electron chi connectivity index (χ3n) is 3.17. The van der Waals surface area contributed by atoms with Crippen molar-refractivity contribution >= 4 is 17.4 Å². The number of anilines is 1. The number of carbonyl (C=O) groups excluding carboxylic acids is 1. The molecule has 102 valence electrons. The summed E-state index contributed by atoms with van der Waals surface area (Å²) in [4.78, 5) is 22.3. The summed E-state index contributed by atoms with van der Waals surface area (Å²) in [7, 11) is 0. The van der Waals surface area contributed by atoms with Crippen LogP contribution in [0.3, 0.4) is 0 Å². The first-order valence-electron chi connectivity index (χ1n) is 6.49. The SMILES string of the molecule is O=C(O)CCNCC(=O)c1ccc2c(c1)CCCN2. The number of nitrogens with one attached hydrogen (secondary N) is 2. The van der Waals surface area contributed by atoms with Crippen molar-refractivity contribution in [2.45, 2.75) is 19.3 Å². The van der Waals surface area contributed by atoms with Crippen molar-refractivity contribution in [1.29, 1.82) is 0 Å². The Morgan fingerprint density at radius 2 is 2.21 bits per heavy atom. The lowest BCUT2D eigenvalue weighted by molar-refractivity contribution is -0.136. The van der Waals surface area contributed by atoms with Crippen LogP contribution in [0.2, 0.25) is 0 Å². The van der Waals surface area contributed by atoms with Gasteiger partial charge in [-0.05, 0) is 36.6 Å². The molecule has 19 heavy (non-hydrogen) atoms. The van der Waals surface area contributed by atoms with Crippen molar-refractivity contribution in [1.82, 2.24) is 5.32 Å². The molecule has 0 amide bonds. The van der Waals surface area contributed by atoms with E-state index in [1.54, 1.807) is 0 Å². The maximum absolute atomic E-state index is 11.9. The number of hydrogen-bond donors (Lipinski definition) is 3. The summed E-state index contributed by atoms with van der Waals surface area (Å²) >= 11 is 0. The predicted molar refractivity (Wildman–Crippen MR) is 72.7 cm³/mol. The van der Waals surface area contributed by atoms with E-state index in [9.17, 15) is 9.59 Å². The van der Waals surface area contributed by atoms with Gasteiger partial charge in [0.2, 0.25) is 0 Å². The lowest BCUT2D eigenvalue weighted by atomic mass is 9.99. The molecule has 0 radical (unpaired) electrons. The number of benzene rings is 1. The van der Waals surface area contributed by atoms with E-state index in [0.717, 1.165) is 25.1 Å². The molecule has 1 heterocycles. The molecule has 1 aromatic rings. The van der Waals surface area contributed by atoms with E-state index < -0.39 is 5.97 Å². The van der Waals surface area contributed by atoms with Crippen LogP contribution in [0.5, 0.6) is 0 Å². The molecule has 0 saturated carbocycles. The first kappa shape index (κ1) is 13.5. The van der Waals surface area contributed by atoms with Gasteiger partial charge in [-0.15, -0.1) is 0 Å². The molecule has 1 aromatic carbocycles. The van der Waals surface area contributed by atoms with E-state index in [1.807, 2.05) is 18.2 Å². The summed E-state index contributed by atoms with van der Waals surface area (Å²) in [6.45, 7) is 1.48. The van der Waals surface area contributed by atoms with Gasteiger partial charge >= 0.3 is 5.97 Å². The number of aryl methyl sites for hydroxylation is 1. The van der Waals surface area contributed by atoms with Gasteiger partial charge in [0.15, 0.2) is 5.78 Å². The number of aliphatic carboxylic acids is 1. The lowest BCUT2D eigenvalue weighted by Gasteiger charge is -2.18. The highest BCUT2D eigenvalue weighted by Crippen LogP contribution is 2.22. The van der Waals surface area contributed by atoms with Crippen LogP contribution in [-0.2, 0) is 11.2 Å². The van der Waals surface area contributed by atoms with Crippen molar-refractivity contribution in [3.8, 4) is 0 Å². The zero-order valence-electron chi connectivity index (χ0n) is 10.7. The van der Waals surface area contributed by atoms with Gasteiger partial charge in [-0.3, -0.25) is 9.59 Å². The van der Waals surface area contributed by atoms with E-state index in [1.165, 1.54) is 5.56 Å². The number of carboxylic acid groups (broad SMARTS) is 1. The molecule has 3 N–H and O–H groups in total. The molecular weight excluding hydrogens is 244 g/mol. The smallest absolute Gasteiger partial charge is 0.304 e. The fourth-order valence-corrected chi connectivity index (χ4v) is 2.15. The van der Waals surface area contributed by atoms with E-state index >= 15 is 0 Å². The number of fused-ring (bicyclic) bond motifs is 1. The first-order chi connectivity index (χ1) is 9.16. The van der Waals surface area contributed by atoms with Crippen LogP contribution in [-0.4, -0.2) is 36.5 Å². The summed E-state index contributed by atoms with van der Waals surface area (Å²) < 4.78 is 0. The highest BCUT2D eigenvalue weighted by Gasteiger charge is 2.12. The lowest BCUT2D eigenvalue weighted by Crippen LogP contribution is -2.25. The minimum absolute atomic E-state index is 0.00115. The molecule has 1 aliphatic rings. The third kappa shape index (κ3) is 3.79. The number of hydrogen-bond acceptors (Lipinski definition) is 4. The first-order valence-corrected chi connectivity index (χ1v) is 6.49. The molecule has 0 bridgehead atoms. The van der Waals surface area contributed by atoms with Crippen molar-refractivity contribution in [3.05, 3.63) is 29.3 Å². The van der Waals surface area contributed by atoms with Crippen molar-refractivity contribution in [2.75, 3.05) is 25.0 Å². The Morgan fingerprint density at radius 3 is 3.00 bits per heavy atom. The average Bonchev–Trinajstić information content (AvgIpc) is 2.42. The summed E-state index contributed by atoms with van der Waals surface area (Å²) in [5.41, 5.74) is 2.98. The maximum Gasteiger partial charge on any atom is 0.304 e. The second kappa shape index (κ2) is 6.33. The standard InChI is InChI=1S/C14H18N2O3/c17-13(9-15-7-5-14(18)19)11-3-4-12-10(8-11)2-1-6-16-12/h3-4,8,15-16H,1-2,5-7,9H2,(H,18,19). The highest BCUT2D eigenvalue weighted by atomic mass is 16.4. The van der Waals surface area contributed by atoms with E-state index in [2.05, 4.69) is 10.6 Å². The van der Waals surface area contributed by atoms with Crippen LogP contribution < -0.4 is 10.6 Å². The minimum Gasteiger partial charge on any atom is -0.481 e. The van der Waals surface area contributed by atoms with Crippen LogP contribution in [0.4, 0.5) is 5.69 Å². The number of rotatable bonds is 6. The fraction of sp³-hybridized carbons (Fsp3) is 0.429. The Morgan fingerprint density at radius 1 is 1.37 bits per heavy atom. The summed E-state index contributed by atoms with van der Waals surface area (Å²) in [6, 6.07) is 5.69. The molecule has 0 atom stereocenters.